The maximum absolute atomic E-state index is 12.0. The second kappa shape index (κ2) is 7.72. The number of amides is 2. The highest BCUT2D eigenvalue weighted by Crippen LogP contribution is 2.22. The number of aryl methyl sites for hydroxylation is 1. The van der Waals surface area contributed by atoms with Crippen LogP contribution in [0.15, 0.2) is 54.6 Å². The van der Waals surface area contributed by atoms with Crippen molar-refractivity contribution in [1.29, 1.82) is 0 Å². The van der Waals surface area contributed by atoms with Gasteiger partial charge in [0.25, 0.3) is 11.8 Å². The van der Waals surface area contributed by atoms with Crippen molar-refractivity contribution < 1.29 is 9.59 Å². The average molecular weight is 351 g/mol. The molecule has 6 heteroatoms. The molecule has 3 rings (SSSR count). The van der Waals surface area contributed by atoms with Gasteiger partial charge in [-0.25, -0.2) is 4.98 Å². The molecule has 0 saturated carbocycles. The fourth-order valence-corrected chi connectivity index (χ4v) is 3.10. The molecule has 1 aromatic heterocycles. The first-order valence-corrected chi connectivity index (χ1v) is 8.70. The van der Waals surface area contributed by atoms with Crippen LogP contribution >= 0.6 is 11.3 Å². The third-order valence-corrected chi connectivity index (χ3v) is 4.61. The Morgan fingerprint density at radius 3 is 2.56 bits per heavy atom. The summed E-state index contributed by atoms with van der Waals surface area (Å²) in [5, 5.41) is 0.734. The summed E-state index contributed by atoms with van der Waals surface area (Å²) in [5.41, 5.74) is 7.30. The number of thiazole rings is 1. The van der Waals surface area contributed by atoms with Gasteiger partial charge >= 0.3 is 0 Å². The van der Waals surface area contributed by atoms with Crippen LogP contribution < -0.4 is 10.9 Å². The van der Waals surface area contributed by atoms with E-state index in [1.165, 1.54) is 17.4 Å². The number of hydrazine groups is 1. The quantitative estimate of drug-likeness (QED) is 0.559. The number of nitrogens with one attached hydrogen (secondary N) is 2. The Balaban J connectivity index is 1.55. The highest BCUT2D eigenvalue weighted by molar-refractivity contribution is 7.19. The predicted octanol–water partition coefficient (Wildman–Crippen LogP) is 3.33. The number of rotatable bonds is 4. The first kappa shape index (κ1) is 16.9. The monoisotopic (exact) mass is 351 g/mol. The fraction of sp³-hybridized carbons (Fsp3) is 0.105. The standard InChI is InChI=1S/C19H17N3O2S/c1-2-13-7-9-14(10-8-13)19(24)22-21-17(23)11-12-18-20-15-5-3-4-6-16(15)25-18/h3-12H,2H2,1H3,(H,21,23)(H,22,24)/b12-11+. The summed E-state index contributed by atoms with van der Waals surface area (Å²) in [4.78, 5) is 28.2. The van der Waals surface area contributed by atoms with Crippen LogP contribution in [0.1, 0.15) is 27.9 Å². The molecule has 0 aliphatic heterocycles. The lowest BCUT2D eigenvalue weighted by molar-refractivity contribution is -0.117. The van der Waals surface area contributed by atoms with Crippen LogP contribution in [0.25, 0.3) is 16.3 Å². The second-order valence-electron chi connectivity index (χ2n) is 5.35. The van der Waals surface area contributed by atoms with Gasteiger partial charge in [-0.1, -0.05) is 31.2 Å². The number of hydrogen-bond acceptors (Lipinski definition) is 4. The molecule has 0 atom stereocenters. The van der Waals surface area contributed by atoms with E-state index in [2.05, 4.69) is 15.8 Å². The Labute approximate surface area is 149 Å². The molecule has 0 bridgehead atoms. The van der Waals surface area contributed by atoms with Gasteiger partial charge in [0.15, 0.2) is 0 Å². The van der Waals surface area contributed by atoms with Crippen LogP contribution in [0.3, 0.4) is 0 Å². The van der Waals surface area contributed by atoms with Gasteiger partial charge in [-0.2, -0.15) is 0 Å². The Hall–Kier alpha value is -2.99. The van der Waals surface area contributed by atoms with Crippen LogP contribution in [0.5, 0.6) is 0 Å². The molecule has 3 aromatic rings. The number of fused-ring (bicyclic) bond motifs is 1. The molecule has 1 heterocycles. The highest BCUT2D eigenvalue weighted by Gasteiger charge is 2.06. The number of carbonyl (C=O) groups excluding carboxylic acids is 2. The van der Waals surface area contributed by atoms with Crippen molar-refractivity contribution in [3.05, 3.63) is 70.7 Å². The SMILES string of the molecule is CCc1ccc(C(=O)NNC(=O)/C=C/c2nc3ccccc3s2)cc1. The van der Waals surface area contributed by atoms with Gasteiger partial charge in [0.2, 0.25) is 0 Å². The summed E-state index contributed by atoms with van der Waals surface area (Å²) >= 11 is 1.50. The van der Waals surface area contributed by atoms with E-state index >= 15 is 0 Å². The molecule has 25 heavy (non-hydrogen) atoms. The average Bonchev–Trinajstić information content (AvgIpc) is 3.07. The first-order chi connectivity index (χ1) is 12.2. The molecule has 0 saturated heterocycles. The van der Waals surface area contributed by atoms with Crippen LogP contribution in [-0.4, -0.2) is 16.8 Å². The van der Waals surface area contributed by atoms with E-state index in [-0.39, 0.29) is 5.91 Å². The molecule has 0 radical (unpaired) electrons. The number of hydrogen-bond donors (Lipinski definition) is 2. The summed E-state index contributed by atoms with van der Waals surface area (Å²) in [7, 11) is 0. The van der Waals surface area contributed by atoms with Crippen LogP contribution in [0.4, 0.5) is 0 Å². The third-order valence-electron chi connectivity index (χ3n) is 3.61. The zero-order valence-electron chi connectivity index (χ0n) is 13.7. The van der Waals surface area contributed by atoms with Crippen LogP contribution in [-0.2, 0) is 11.2 Å². The minimum atomic E-state index is -0.419. The Bertz CT molecular complexity index is 896. The number of carbonyl (C=O) groups is 2. The van der Waals surface area contributed by atoms with Crippen molar-refractivity contribution >= 4 is 39.4 Å². The van der Waals surface area contributed by atoms with Crippen molar-refractivity contribution in [1.82, 2.24) is 15.8 Å². The van der Waals surface area contributed by atoms with E-state index < -0.39 is 5.91 Å². The maximum Gasteiger partial charge on any atom is 0.269 e. The van der Waals surface area contributed by atoms with Gasteiger partial charge < -0.3 is 0 Å². The predicted molar refractivity (Wildman–Crippen MR) is 100 cm³/mol. The van der Waals surface area contributed by atoms with Gasteiger partial charge in [-0.05, 0) is 42.3 Å². The van der Waals surface area contributed by atoms with E-state index in [9.17, 15) is 9.59 Å². The lowest BCUT2D eigenvalue weighted by Gasteiger charge is -2.05. The van der Waals surface area contributed by atoms with Crippen molar-refractivity contribution in [2.24, 2.45) is 0 Å². The minimum absolute atomic E-state index is 0.357. The van der Waals surface area contributed by atoms with Gasteiger partial charge in [0.05, 0.1) is 10.2 Å². The van der Waals surface area contributed by atoms with Crippen LogP contribution in [0.2, 0.25) is 0 Å². The van der Waals surface area contributed by atoms with Gasteiger partial charge in [0.1, 0.15) is 5.01 Å². The Morgan fingerprint density at radius 1 is 1.08 bits per heavy atom. The summed E-state index contributed by atoms with van der Waals surface area (Å²) in [5.74, 6) is -0.776. The third kappa shape index (κ3) is 4.30. The van der Waals surface area contributed by atoms with Gasteiger partial charge in [0, 0.05) is 11.6 Å². The molecule has 2 aromatic carbocycles. The summed E-state index contributed by atoms with van der Waals surface area (Å²) in [6.07, 6.45) is 3.88. The van der Waals surface area contributed by atoms with Crippen molar-refractivity contribution in [3.8, 4) is 0 Å². The summed E-state index contributed by atoms with van der Waals surface area (Å²) < 4.78 is 1.06. The lowest BCUT2D eigenvalue weighted by Crippen LogP contribution is -2.40. The van der Waals surface area contributed by atoms with E-state index in [4.69, 9.17) is 0 Å². The first-order valence-electron chi connectivity index (χ1n) is 7.88. The van der Waals surface area contributed by atoms with Crippen LogP contribution in [0, 0.1) is 0 Å². The smallest absolute Gasteiger partial charge is 0.268 e. The molecule has 126 valence electrons. The number of aromatic nitrogens is 1. The maximum atomic E-state index is 12.0. The van der Waals surface area contributed by atoms with Crippen molar-refractivity contribution in [2.75, 3.05) is 0 Å². The molecule has 2 amide bonds. The molecule has 0 unspecified atom stereocenters. The van der Waals surface area contributed by atoms with Gasteiger partial charge in [-0.15, -0.1) is 11.3 Å². The van der Waals surface area contributed by atoms with Gasteiger partial charge in [-0.3, -0.25) is 20.4 Å². The zero-order valence-corrected chi connectivity index (χ0v) is 14.5. The molecule has 5 nitrogen and oxygen atoms in total. The Morgan fingerprint density at radius 2 is 1.84 bits per heavy atom. The minimum Gasteiger partial charge on any atom is -0.268 e. The second-order valence-corrected chi connectivity index (χ2v) is 6.41. The van der Waals surface area contributed by atoms with E-state index in [1.54, 1.807) is 18.2 Å². The molecule has 0 fully saturated rings. The molecule has 2 N–H and O–H groups in total. The molecule has 0 aliphatic rings. The normalized spacial score (nSPS) is 10.9. The van der Waals surface area contributed by atoms with E-state index in [0.29, 0.717) is 5.56 Å². The van der Waals surface area contributed by atoms with E-state index in [1.807, 2.05) is 43.3 Å². The van der Waals surface area contributed by atoms with Crippen molar-refractivity contribution in [2.45, 2.75) is 13.3 Å². The van der Waals surface area contributed by atoms with E-state index in [0.717, 1.165) is 27.2 Å². The number of benzene rings is 2. The molecular formula is C19H17N3O2S. The number of nitrogens with zero attached hydrogens (tertiary/aromatic N) is 1. The largest absolute Gasteiger partial charge is 0.269 e. The lowest BCUT2D eigenvalue weighted by atomic mass is 10.1. The highest BCUT2D eigenvalue weighted by atomic mass is 32.1. The zero-order chi connectivity index (χ0) is 17.6. The summed E-state index contributed by atoms with van der Waals surface area (Å²) in [6.45, 7) is 2.05. The molecular weight excluding hydrogens is 334 g/mol. The van der Waals surface area contributed by atoms with Crippen molar-refractivity contribution in [3.63, 3.8) is 0 Å². The molecule has 0 aliphatic carbocycles. The molecule has 0 spiro atoms. The fourth-order valence-electron chi connectivity index (χ4n) is 2.23. The topological polar surface area (TPSA) is 71.1 Å². The summed E-state index contributed by atoms with van der Waals surface area (Å²) in [6, 6.07) is 15.0. The Kier molecular flexibility index (Phi) is 5.20. The number of para-hydroxylation sites is 1.